The number of nitrogens with zero attached hydrogens (tertiary/aromatic N) is 3. The second kappa shape index (κ2) is 8.19. The smallest absolute Gasteiger partial charge is 0.325 e. The third-order valence-electron chi connectivity index (χ3n) is 3.58. The van der Waals surface area contributed by atoms with Crippen LogP contribution in [0.5, 0.6) is 0 Å². The molecule has 2 rings (SSSR count). The van der Waals surface area contributed by atoms with Gasteiger partial charge in [-0.1, -0.05) is 0 Å². The quantitative estimate of drug-likeness (QED) is 0.775. The third kappa shape index (κ3) is 5.03. The molecule has 8 heteroatoms. The largest absolute Gasteiger partial charge is 0.465 e. The van der Waals surface area contributed by atoms with Gasteiger partial charge in [0.25, 0.3) is 0 Å². The molecule has 1 saturated heterocycles. The van der Waals surface area contributed by atoms with Gasteiger partial charge in [0, 0.05) is 5.92 Å². The minimum Gasteiger partial charge on any atom is -0.465 e. The Labute approximate surface area is 134 Å². The number of piperidine rings is 1. The molecule has 1 aromatic heterocycles. The lowest BCUT2D eigenvalue weighted by Gasteiger charge is -2.30. The number of aromatic nitrogens is 2. The first-order chi connectivity index (χ1) is 10.6. The number of carbonyl (C=O) groups is 2. The predicted octanol–water partition coefficient (Wildman–Crippen LogP) is 0.705. The van der Waals surface area contributed by atoms with Crippen molar-refractivity contribution in [2.45, 2.75) is 32.6 Å². The van der Waals surface area contributed by atoms with Crippen LogP contribution in [0.3, 0.4) is 0 Å². The average Bonchev–Trinajstić information content (AvgIpc) is 2.93. The maximum atomic E-state index is 11.8. The van der Waals surface area contributed by atoms with Crippen LogP contribution >= 0.6 is 11.3 Å². The zero-order chi connectivity index (χ0) is 15.9. The van der Waals surface area contributed by atoms with Crippen molar-refractivity contribution in [2.75, 3.05) is 32.8 Å². The Morgan fingerprint density at radius 3 is 2.68 bits per heavy atom. The van der Waals surface area contributed by atoms with Crippen LogP contribution in [0.1, 0.15) is 35.7 Å². The molecule has 0 saturated carbocycles. The minimum absolute atomic E-state index is 0.0623. The van der Waals surface area contributed by atoms with Crippen molar-refractivity contribution in [3.05, 3.63) is 10.0 Å². The molecule has 2 heterocycles. The molecule has 0 bridgehead atoms. The van der Waals surface area contributed by atoms with E-state index in [4.69, 9.17) is 4.74 Å². The normalized spacial score (nSPS) is 16.5. The van der Waals surface area contributed by atoms with Gasteiger partial charge in [-0.05, 0) is 39.8 Å². The van der Waals surface area contributed by atoms with Gasteiger partial charge < -0.3 is 10.1 Å². The lowest BCUT2D eigenvalue weighted by molar-refractivity contribution is -0.143. The number of aryl methyl sites for hydroxylation is 1. The van der Waals surface area contributed by atoms with E-state index in [-0.39, 0.29) is 12.5 Å². The summed E-state index contributed by atoms with van der Waals surface area (Å²) in [4.78, 5) is 25.1. The number of nitrogens with one attached hydrogen (secondary N) is 1. The van der Waals surface area contributed by atoms with E-state index in [1.54, 1.807) is 18.3 Å². The predicted molar refractivity (Wildman–Crippen MR) is 82.7 cm³/mol. The molecule has 0 spiro atoms. The van der Waals surface area contributed by atoms with Gasteiger partial charge in [-0.25, -0.2) is 0 Å². The highest BCUT2D eigenvalue weighted by molar-refractivity contribution is 7.11. The van der Waals surface area contributed by atoms with Crippen LogP contribution in [-0.4, -0.2) is 59.8 Å². The van der Waals surface area contributed by atoms with Crippen LogP contribution < -0.4 is 5.32 Å². The van der Waals surface area contributed by atoms with E-state index in [1.165, 1.54) is 0 Å². The highest BCUT2D eigenvalue weighted by Crippen LogP contribution is 2.29. The van der Waals surface area contributed by atoms with Crippen molar-refractivity contribution in [3.8, 4) is 0 Å². The van der Waals surface area contributed by atoms with Crippen LogP contribution in [0.2, 0.25) is 0 Å². The van der Waals surface area contributed by atoms with E-state index < -0.39 is 5.97 Å². The lowest BCUT2D eigenvalue weighted by Crippen LogP contribution is -2.42. The zero-order valence-corrected chi connectivity index (χ0v) is 13.8. The fourth-order valence-electron chi connectivity index (χ4n) is 2.46. The Morgan fingerprint density at radius 1 is 1.36 bits per heavy atom. The highest BCUT2D eigenvalue weighted by atomic mass is 32.1. The minimum atomic E-state index is -0.402. The molecule has 0 aromatic carbocycles. The van der Waals surface area contributed by atoms with Gasteiger partial charge >= 0.3 is 5.97 Å². The van der Waals surface area contributed by atoms with Crippen molar-refractivity contribution in [3.63, 3.8) is 0 Å². The first-order valence-corrected chi connectivity index (χ1v) is 8.34. The molecule has 0 aliphatic carbocycles. The van der Waals surface area contributed by atoms with Crippen molar-refractivity contribution >= 4 is 23.2 Å². The highest BCUT2D eigenvalue weighted by Gasteiger charge is 2.24. The summed E-state index contributed by atoms with van der Waals surface area (Å²) in [6.45, 7) is 6.00. The van der Waals surface area contributed by atoms with Gasteiger partial charge in [0.2, 0.25) is 5.91 Å². The molecule has 7 nitrogen and oxygen atoms in total. The van der Waals surface area contributed by atoms with Gasteiger partial charge in [-0.15, -0.1) is 21.5 Å². The van der Waals surface area contributed by atoms with E-state index >= 15 is 0 Å². The van der Waals surface area contributed by atoms with Crippen LogP contribution in [0.25, 0.3) is 0 Å². The first-order valence-electron chi connectivity index (χ1n) is 7.53. The van der Waals surface area contributed by atoms with Gasteiger partial charge in [0.15, 0.2) is 0 Å². The molecule has 0 unspecified atom stereocenters. The van der Waals surface area contributed by atoms with Crippen LogP contribution in [0.4, 0.5) is 0 Å². The van der Waals surface area contributed by atoms with E-state index in [0.717, 1.165) is 35.9 Å². The maximum Gasteiger partial charge on any atom is 0.325 e. The van der Waals surface area contributed by atoms with E-state index in [1.807, 2.05) is 6.92 Å². The molecule has 122 valence electrons. The fraction of sp³-hybridized carbons (Fsp3) is 0.714. The molecular weight excluding hydrogens is 304 g/mol. The van der Waals surface area contributed by atoms with Crippen LogP contribution in [-0.2, 0) is 14.3 Å². The van der Waals surface area contributed by atoms with Gasteiger partial charge in [0.1, 0.15) is 16.6 Å². The number of amides is 1. The van der Waals surface area contributed by atoms with E-state index in [9.17, 15) is 9.59 Å². The number of esters is 1. The summed E-state index contributed by atoms with van der Waals surface area (Å²) < 4.78 is 4.77. The Hall–Kier alpha value is -1.54. The van der Waals surface area contributed by atoms with Gasteiger partial charge in [0.05, 0.1) is 13.2 Å². The summed E-state index contributed by atoms with van der Waals surface area (Å²) in [5, 5.41) is 13.0. The van der Waals surface area contributed by atoms with E-state index in [0.29, 0.717) is 19.1 Å². The fourth-order valence-corrected chi connectivity index (χ4v) is 3.32. The molecule has 22 heavy (non-hydrogen) atoms. The van der Waals surface area contributed by atoms with Crippen molar-refractivity contribution in [1.82, 2.24) is 20.4 Å². The molecule has 1 N–H and O–H groups in total. The summed E-state index contributed by atoms with van der Waals surface area (Å²) in [5.74, 6) is -0.0931. The summed E-state index contributed by atoms with van der Waals surface area (Å²) >= 11 is 1.65. The zero-order valence-electron chi connectivity index (χ0n) is 13.0. The molecule has 1 aliphatic rings. The van der Waals surface area contributed by atoms with Crippen LogP contribution in [0, 0.1) is 6.92 Å². The summed E-state index contributed by atoms with van der Waals surface area (Å²) in [5.41, 5.74) is 0. The number of likely N-dealkylation sites (tertiary alicyclic amines) is 1. The number of hydrogen-bond acceptors (Lipinski definition) is 7. The topological polar surface area (TPSA) is 84.4 Å². The third-order valence-corrected chi connectivity index (χ3v) is 4.58. The number of carbonyl (C=O) groups excluding carboxylic acids is 2. The number of rotatable bonds is 6. The Kier molecular flexibility index (Phi) is 6.26. The second-order valence-electron chi connectivity index (χ2n) is 5.29. The molecule has 1 amide bonds. The van der Waals surface area contributed by atoms with Crippen molar-refractivity contribution in [2.24, 2.45) is 0 Å². The molecule has 1 aromatic rings. The Morgan fingerprint density at radius 2 is 2.09 bits per heavy atom. The molecule has 1 fully saturated rings. The summed E-state index contributed by atoms with van der Waals surface area (Å²) in [6.07, 6.45) is 1.97. The van der Waals surface area contributed by atoms with E-state index in [2.05, 4.69) is 20.4 Å². The SMILES string of the molecule is CCOC(=O)CNC(=O)CN1CCC(c2nnc(C)s2)CC1. The second-order valence-corrected chi connectivity index (χ2v) is 6.50. The van der Waals surface area contributed by atoms with Crippen molar-refractivity contribution in [1.29, 1.82) is 0 Å². The summed E-state index contributed by atoms with van der Waals surface area (Å²) in [6, 6.07) is 0. The summed E-state index contributed by atoms with van der Waals surface area (Å²) in [7, 11) is 0. The lowest BCUT2D eigenvalue weighted by atomic mass is 9.98. The molecule has 1 aliphatic heterocycles. The molecular formula is C14H22N4O3S. The molecule has 0 atom stereocenters. The first kappa shape index (κ1) is 16.8. The Balaban J connectivity index is 1.68. The number of ether oxygens (including phenoxy) is 1. The Bertz CT molecular complexity index is 512. The standard InChI is InChI=1S/C14H22N4O3S/c1-3-21-13(20)8-15-12(19)9-18-6-4-11(5-7-18)14-17-16-10(2)22-14/h11H,3-9H2,1-2H3,(H,15,19). The van der Waals surface area contributed by atoms with Gasteiger partial charge in [-0.3, -0.25) is 14.5 Å². The van der Waals surface area contributed by atoms with Crippen LogP contribution in [0.15, 0.2) is 0 Å². The van der Waals surface area contributed by atoms with Crippen molar-refractivity contribution < 1.29 is 14.3 Å². The monoisotopic (exact) mass is 326 g/mol. The number of hydrogen-bond donors (Lipinski definition) is 1. The maximum absolute atomic E-state index is 11.8. The average molecular weight is 326 g/mol. The van der Waals surface area contributed by atoms with Gasteiger partial charge in [-0.2, -0.15) is 0 Å². The molecule has 0 radical (unpaired) electrons.